The van der Waals surface area contributed by atoms with Crippen LogP contribution in [0.1, 0.15) is 6.92 Å². The number of para-hydroxylation sites is 2. The van der Waals surface area contributed by atoms with Gasteiger partial charge in [-0.25, -0.2) is 4.79 Å². The molecule has 112 valence electrons. The molecular weight excluding hydrogens is 276 g/mol. The van der Waals surface area contributed by atoms with Crippen LogP contribution in [0.25, 0.3) is 11.1 Å². The smallest absolute Gasteiger partial charge is 0.420 e. The van der Waals surface area contributed by atoms with Crippen LogP contribution in [0, 0.1) is 0 Å². The van der Waals surface area contributed by atoms with E-state index in [1.807, 2.05) is 0 Å². The van der Waals surface area contributed by atoms with Crippen molar-refractivity contribution in [2.24, 2.45) is 0 Å². The minimum absolute atomic E-state index is 0.156. The number of hydrogen-bond acceptors (Lipinski definition) is 5. The maximum atomic E-state index is 12.1. The van der Waals surface area contributed by atoms with Crippen molar-refractivity contribution < 1.29 is 18.7 Å². The van der Waals surface area contributed by atoms with Crippen molar-refractivity contribution in [2.45, 2.75) is 13.5 Å². The first kappa shape index (κ1) is 14.8. The van der Waals surface area contributed by atoms with Gasteiger partial charge in [-0.2, -0.15) is 0 Å². The topological polar surface area (TPSA) is 81.8 Å². The Morgan fingerprint density at radius 3 is 2.76 bits per heavy atom. The van der Waals surface area contributed by atoms with E-state index in [0.29, 0.717) is 11.1 Å². The Hall–Kier alpha value is -2.57. The Labute approximate surface area is 120 Å². The molecule has 0 atom stereocenters. The van der Waals surface area contributed by atoms with Gasteiger partial charge >= 0.3 is 11.7 Å². The van der Waals surface area contributed by atoms with E-state index in [1.165, 1.54) is 16.5 Å². The highest BCUT2D eigenvalue weighted by Crippen LogP contribution is 2.11. The number of carbonyl (C=O) groups excluding carboxylic acids is 2. The molecule has 0 bridgehead atoms. The number of amides is 1. The average molecular weight is 292 g/mol. The zero-order valence-electron chi connectivity index (χ0n) is 11.9. The second kappa shape index (κ2) is 6.25. The number of ether oxygens (including phenoxy) is 1. The van der Waals surface area contributed by atoms with Gasteiger partial charge in [0.05, 0.1) is 12.1 Å². The van der Waals surface area contributed by atoms with Crippen LogP contribution >= 0.6 is 0 Å². The predicted octanol–water partition coefficient (Wildman–Crippen LogP) is 0.616. The van der Waals surface area contributed by atoms with E-state index in [0.717, 1.165) is 0 Å². The van der Waals surface area contributed by atoms with Crippen LogP contribution in [0.15, 0.2) is 33.5 Å². The first-order valence-electron chi connectivity index (χ1n) is 6.51. The molecule has 7 nitrogen and oxygen atoms in total. The van der Waals surface area contributed by atoms with Crippen molar-refractivity contribution in [2.75, 3.05) is 20.2 Å². The van der Waals surface area contributed by atoms with Crippen LogP contribution in [0.2, 0.25) is 0 Å². The number of nitrogens with zero attached hydrogens (tertiary/aromatic N) is 2. The number of oxazole rings is 1. The Morgan fingerprint density at radius 2 is 2.05 bits per heavy atom. The van der Waals surface area contributed by atoms with Gasteiger partial charge in [-0.3, -0.25) is 14.2 Å². The number of carbonyl (C=O) groups is 2. The molecule has 1 amide bonds. The van der Waals surface area contributed by atoms with Gasteiger partial charge < -0.3 is 14.1 Å². The minimum atomic E-state index is -0.603. The standard InChI is InChI=1S/C14H16N2O5/c1-3-20-13(18)9-15(2)12(17)8-16-10-6-4-5-7-11(10)21-14(16)19/h4-7H,3,8-9H2,1-2H3. The molecule has 0 spiro atoms. The zero-order valence-corrected chi connectivity index (χ0v) is 11.9. The summed E-state index contributed by atoms with van der Waals surface area (Å²) < 4.78 is 11.1. The van der Waals surface area contributed by atoms with Gasteiger partial charge in [-0.05, 0) is 19.1 Å². The number of esters is 1. The maximum absolute atomic E-state index is 12.1. The van der Waals surface area contributed by atoms with Gasteiger partial charge in [0.2, 0.25) is 5.91 Å². The molecule has 1 aromatic heterocycles. The fourth-order valence-corrected chi connectivity index (χ4v) is 1.91. The summed E-state index contributed by atoms with van der Waals surface area (Å²) in [4.78, 5) is 36.4. The van der Waals surface area contributed by atoms with Gasteiger partial charge in [0, 0.05) is 7.05 Å². The molecule has 0 unspecified atom stereocenters. The molecule has 0 fully saturated rings. The van der Waals surface area contributed by atoms with E-state index < -0.39 is 11.7 Å². The average Bonchev–Trinajstić information content (AvgIpc) is 2.75. The third kappa shape index (κ3) is 3.31. The molecule has 0 radical (unpaired) electrons. The van der Waals surface area contributed by atoms with Crippen LogP contribution in [0.3, 0.4) is 0 Å². The lowest BCUT2D eigenvalue weighted by Gasteiger charge is -2.16. The molecule has 2 rings (SSSR count). The van der Waals surface area contributed by atoms with Crippen LogP contribution < -0.4 is 5.76 Å². The van der Waals surface area contributed by atoms with E-state index in [-0.39, 0.29) is 25.6 Å². The van der Waals surface area contributed by atoms with Crippen molar-refractivity contribution in [3.8, 4) is 0 Å². The summed E-state index contributed by atoms with van der Waals surface area (Å²) in [6, 6.07) is 6.84. The van der Waals surface area contributed by atoms with E-state index in [9.17, 15) is 14.4 Å². The summed E-state index contributed by atoms with van der Waals surface area (Å²) >= 11 is 0. The highest BCUT2D eigenvalue weighted by molar-refractivity contribution is 5.83. The normalized spacial score (nSPS) is 10.6. The molecule has 0 saturated heterocycles. The third-order valence-electron chi connectivity index (χ3n) is 2.96. The number of hydrogen-bond donors (Lipinski definition) is 0. The van der Waals surface area contributed by atoms with Crippen LogP contribution in [0.5, 0.6) is 0 Å². The Bertz CT molecular complexity index is 715. The Balaban J connectivity index is 2.13. The second-order valence-electron chi connectivity index (χ2n) is 4.48. The van der Waals surface area contributed by atoms with Gasteiger partial charge in [0.1, 0.15) is 13.1 Å². The van der Waals surface area contributed by atoms with Crippen LogP contribution in [-0.2, 0) is 20.9 Å². The monoisotopic (exact) mass is 292 g/mol. The highest BCUT2D eigenvalue weighted by Gasteiger charge is 2.17. The molecule has 0 aliphatic heterocycles. The molecule has 0 aliphatic rings. The van der Waals surface area contributed by atoms with E-state index in [1.54, 1.807) is 31.2 Å². The van der Waals surface area contributed by atoms with E-state index in [2.05, 4.69) is 0 Å². The van der Waals surface area contributed by atoms with Gasteiger partial charge in [-0.15, -0.1) is 0 Å². The number of rotatable bonds is 5. The lowest BCUT2D eigenvalue weighted by Crippen LogP contribution is -2.36. The summed E-state index contributed by atoms with van der Waals surface area (Å²) in [5, 5.41) is 0. The molecule has 1 heterocycles. The fraction of sp³-hybridized carbons (Fsp3) is 0.357. The number of likely N-dealkylation sites (N-methyl/N-ethyl adjacent to an activating group) is 1. The SMILES string of the molecule is CCOC(=O)CN(C)C(=O)Cn1c(=O)oc2ccccc21. The van der Waals surface area contributed by atoms with Crippen LogP contribution in [-0.4, -0.2) is 41.5 Å². The molecule has 21 heavy (non-hydrogen) atoms. The van der Waals surface area contributed by atoms with Gasteiger partial charge in [-0.1, -0.05) is 12.1 Å². The van der Waals surface area contributed by atoms with Crippen molar-refractivity contribution in [3.63, 3.8) is 0 Å². The highest BCUT2D eigenvalue weighted by atomic mass is 16.5. The zero-order chi connectivity index (χ0) is 15.4. The first-order chi connectivity index (χ1) is 10.0. The Kier molecular flexibility index (Phi) is 4.42. The summed E-state index contributed by atoms with van der Waals surface area (Å²) in [5.74, 6) is -1.47. The summed E-state index contributed by atoms with van der Waals surface area (Å²) in [6.07, 6.45) is 0. The van der Waals surface area contributed by atoms with Crippen molar-refractivity contribution in [1.82, 2.24) is 9.47 Å². The second-order valence-corrected chi connectivity index (χ2v) is 4.48. The van der Waals surface area contributed by atoms with E-state index in [4.69, 9.17) is 9.15 Å². The predicted molar refractivity (Wildman–Crippen MR) is 74.7 cm³/mol. The van der Waals surface area contributed by atoms with Crippen molar-refractivity contribution >= 4 is 23.0 Å². The van der Waals surface area contributed by atoms with Crippen molar-refractivity contribution in [1.29, 1.82) is 0 Å². The molecule has 1 aromatic carbocycles. The lowest BCUT2D eigenvalue weighted by molar-refractivity contribution is -0.148. The molecule has 2 aromatic rings. The summed E-state index contributed by atoms with van der Waals surface area (Å²) in [7, 11) is 1.48. The summed E-state index contributed by atoms with van der Waals surface area (Å²) in [5.41, 5.74) is 0.962. The Morgan fingerprint density at radius 1 is 1.33 bits per heavy atom. The molecule has 0 N–H and O–H groups in total. The molecule has 0 saturated carbocycles. The molecule has 7 heteroatoms. The number of aromatic nitrogens is 1. The van der Waals surface area contributed by atoms with Crippen LogP contribution in [0.4, 0.5) is 0 Å². The summed E-state index contributed by atoms with van der Waals surface area (Å²) in [6.45, 7) is 1.60. The third-order valence-corrected chi connectivity index (χ3v) is 2.96. The quantitative estimate of drug-likeness (QED) is 0.754. The lowest BCUT2D eigenvalue weighted by atomic mass is 10.3. The number of fused-ring (bicyclic) bond motifs is 1. The van der Waals surface area contributed by atoms with Gasteiger partial charge in [0.15, 0.2) is 5.58 Å². The molecular formula is C14H16N2O5. The van der Waals surface area contributed by atoms with Crippen molar-refractivity contribution in [3.05, 3.63) is 34.8 Å². The largest absolute Gasteiger partial charge is 0.465 e. The van der Waals surface area contributed by atoms with E-state index >= 15 is 0 Å². The van der Waals surface area contributed by atoms with Gasteiger partial charge in [0.25, 0.3) is 0 Å². The maximum Gasteiger partial charge on any atom is 0.420 e. The first-order valence-corrected chi connectivity index (χ1v) is 6.51. The fourth-order valence-electron chi connectivity index (χ4n) is 1.91. The minimum Gasteiger partial charge on any atom is -0.465 e. The molecule has 0 aliphatic carbocycles. The number of benzene rings is 1.